The fourth-order valence-electron chi connectivity index (χ4n) is 1.43. The van der Waals surface area contributed by atoms with Crippen molar-refractivity contribution in [3.8, 4) is 0 Å². The molecule has 2 N–H and O–H groups in total. The minimum absolute atomic E-state index is 0.0463. The zero-order valence-electron chi connectivity index (χ0n) is 11.0. The van der Waals surface area contributed by atoms with Gasteiger partial charge in [-0.15, -0.1) is 0 Å². The molecule has 1 aromatic heterocycles. The second kappa shape index (κ2) is 8.36. The summed E-state index contributed by atoms with van der Waals surface area (Å²) in [4.78, 5) is 15.6. The summed E-state index contributed by atoms with van der Waals surface area (Å²) in [5, 5.41) is 5.27. The first-order valence-electron chi connectivity index (χ1n) is 6.08. The Labute approximate surface area is 114 Å². The number of ether oxygens (including phenoxy) is 1. The molecule has 1 aromatic rings. The number of anilines is 1. The topological polar surface area (TPSA) is 63.2 Å². The zero-order chi connectivity index (χ0) is 15.0. The normalized spacial score (nSPS) is 10.7. The van der Waals surface area contributed by atoms with E-state index in [1.165, 1.54) is 0 Å². The van der Waals surface area contributed by atoms with Crippen molar-refractivity contribution in [3.63, 3.8) is 0 Å². The molecule has 0 saturated heterocycles. The molecule has 0 saturated carbocycles. The first-order valence-corrected chi connectivity index (χ1v) is 6.08. The van der Waals surface area contributed by atoms with E-state index in [0.29, 0.717) is 6.54 Å². The van der Waals surface area contributed by atoms with Crippen molar-refractivity contribution in [3.05, 3.63) is 23.6 Å². The number of hydrogen-bond acceptors (Lipinski definition) is 4. The number of hydrogen-bond donors (Lipinski definition) is 2. The van der Waals surface area contributed by atoms with Crippen LogP contribution in [0.15, 0.2) is 12.3 Å². The Balaban J connectivity index is 2.52. The fourth-order valence-corrected chi connectivity index (χ4v) is 1.43. The van der Waals surface area contributed by atoms with E-state index >= 15 is 0 Å². The molecule has 5 nitrogen and oxygen atoms in total. The third-order valence-electron chi connectivity index (χ3n) is 2.22. The van der Waals surface area contributed by atoms with Crippen molar-refractivity contribution < 1.29 is 22.7 Å². The van der Waals surface area contributed by atoms with Gasteiger partial charge in [0.05, 0.1) is 18.4 Å². The molecule has 0 aliphatic rings. The van der Waals surface area contributed by atoms with Crippen molar-refractivity contribution in [1.29, 1.82) is 0 Å². The Hall–Kier alpha value is -1.83. The van der Waals surface area contributed by atoms with Gasteiger partial charge in [0.15, 0.2) is 0 Å². The number of nitrogens with one attached hydrogen (secondary N) is 2. The van der Waals surface area contributed by atoms with Crippen LogP contribution in [0.3, 0.4) is 0 Å². The average molecular weight is 291 g/mol. The minimum Gasteiger partial charge on any atom is -0.374 e. The zero-order valence-corrected chi connectivity index (χ0v) is 11.0. The molecule has 0 bridgehead atoms. The number of amides is 1. The number of pyridine rings is 1. The molecule has 1 rings (SSSR count). The Kier molecular flexibility index (Phi) is 6.78. The van der Waals surface area contributed by atoms with Crippen LogP contribution in [0.4, 0.5) is 19.0 Å². The molecule has 0 radical (unpaired) electrons. The van der Waals surface area contributed by atoms with Gasteiger partial charge in [0.1, 0.15) is 18.2 Å². The van der Waals surface area contributed by atoms with Crippen molar-refractivity contribution in [2.75, 3.05) is 31.6 Å². The predicted octanol–water partition coefficient (Wildman–Crippen LogP) is 1.66. The van der Waals surface area contributed by atoms with Gasteiger partial charge < -0.3 is 15.4 Å². The lowest BCUT2D eigenvalue weighted by Crippen LogP contribution is -2.29. The van der Waals surface area contributed by atoms with E-state index in [9.17, 15) is 18.0 Å². The predicted molar refractivity (Wildman–Crippen MR) is 67.5 cm³/mol. The molecule has 0 spiro atoms. The number of carbonyl (C=O) groups is 1. The molecule has 0 fully saturated rings. The quantitative estimate of drug-likeness (QED) is 0.715. The molecule has 0 aliphatic heterocycles. The third-order valence-corrected chi connectivity index (χ3v) is 2.22. The Bertz CT molecular complexity index is 444. The standard InChI is InChI=1S/C12H16F3N3O2/c1-2-16-11-9(5-8(13)6-18-11)12(19)17-3-4-20-7-10(14)15/h5-6,10H,2-4,7H2,1H3,(H,16,18)(H,17,19). The Morgan fingerprint density at radius 1 is 1.50 bits per heavy atom. The maximum atomic E-state index is 13.1. The molecule has 8 heteroatoms. The maximum Gasteiger partial charge on any atom is 0.261 e. The monoisotopic (exact) mass is 291 g/mol. The van der Waals surface area contributed by atoms with E-state index < -0.39 is 24.8 Å². The second-order valence-corrected chi connectivity index (χ2v) is 3.80. The van der Waals surface area contributed by atoms with E-state index in [1.807, 2.05) is 6.92 Å². The minimum atomic E-state index is -2.54. The molecule has 1 heterocycles. The summed E-state index contributed by atoms with van der Waals surface area (Å²) in [5.74, 6) is -0.917. The SMILES string of the molecule is CCNc1ncc(F)cc1C(=O)NCCOCC(F)F. The lowest BCUT2D eigenvalue weighted by Gasteiger charge is -2.10. The maximum absolute atomic E-state index is 13.1. The van der Waals surface area contributed by atoms with Crippen LogP contribution in [0, 0.1) is 5.82 Å². The van der Waals surface area contributed by atoms with E-state index in [-0.39, 0.29) is 24.5 Å². The fraction of sp³-hybridized carbons (Fsp3) is 0.500. The van der Waals surface area contributed by atoms with Crippen LogP contribution in [0.2, 0.25) is 0 Å². The highest BCUT2D eigenvalue weighted by molar-refractivity contribution is 5.98. The summed E-state index contributed by atoms with van der Waals surface area (Å²) in [6.07, 6.45) is -1.54. The van der Waals surface area contributed by atoms with Gasteiger partial charge in [-0.3, -0.25) is 4.79 Å². The summed E-state index contributed by atoms with van der Waals surface area (Å²) in [6.45, 7) is 1.66. The molecule has 0 aliphatic carbocycles. The summed E-state index contributed by atoms with van der Waals surface area (Å²) in [7, 11) is 0. The number of nitrogens with zero attached hydrogens (tertiary/aromatic N) is 1. The van der Waals surface area contributed by atoms with Crippen molar-refractivity contribution in [2.45, 2.75) is 13.3 Å². The van der Waals surface area contributed by atoms with Gasteiger partial charge in [-0.05, 0) is 13.0 Å². The molecular weight excluding hydrogens is 275 g/mol. The molecule has 0 atom stereocenters. The van der Waals surface area contributed by atoms with Gasteiger partial charge in [-0.2, -0.15) is 0 Å². The number of rotatable bonds is 8. The van der Waals surface area contributed by atoms with Crippen molar-refractivity contribution in [1.82, 2.24) is 10.3 Å². The van der Waals surface area contributed by atoms with Gasteiger partial charge in [0.2, 0.25) is 0 Å². The summed E-state index contributed by atoms with van der Waals surface area (Å²) >= 11 is 0. The van der Waals surface area contributed by atoms with Crippen LogP contribution in [0.1, 0.15) is 17.3 Å². The van der Waals surface area contributed by atoms with Gasteiger partial charge in [0.25, 0.3) is 12.3 Å². The van der Waals surface area contributed by atoms with Crippen LogP contribution < -0.4 is 10.6 Å². The van der Waals surface area contributed by atoms with Crippen molar-refractivity contribution in [2.24, 2.45) is 0 Å². The Morgan fingerprint density at radius 2 is 2.25 bits per heavy atom. The van der Waals surface area contributed by atoms with E-state index in [0.717, 1.165) is 12.3 Å². The second-order valence-electron chi connectivity index (χ2n) is 3.80. The number of aromatic nitrogens is 1. The van der Waals surface area contributed by atoms with Crippen LogP contribution in [-0.2, 0) is 4.74 Å². The third kappa shape index (κ3) is 5.43. The molecule has 1 amide bonds. The molecule has 0 unspecified atom stereocenters. The lowest BCUT2D eigenvalue weighted by atomic mass is 10.2. The first-order chi connectivity index (χ1) is 9.54. The van der Waals surface area contributed by atoms with Gasteiger partial charge >= 0.3 is 0 Å². The number of halogens is 3. The van der Waals surface area contributed by atoms with Crippen LogP contribution in [0.25, 0.3) is 0 Å². The molecular formula is C12H16F3N3O2. The number of carbonyl (C=O) groups excluding carboxylic acids is 1. The molecule has 20 heavy (non-hydrogen) atoms. The van der Waals surface area contributed by atoms with E-state index in [4.69, 9.17) is 0 Å². The van der Waals surface area contributed by atoms with Gasteiger partial charge in [-0.25, -0.2) is 18.2 Å². The van der Waals surface area contributed by atoms with E-state index in [2.05, 4.69) is 20.4 Å². The smallest absolute Gasteiger partial charge is 0.261 e. The van der Waals surface area contributed by atoms with Crippen LogP contribution in [-0.4, -0.2) is 43.6 Å². The number of alkyl halides is 2. The highest BCUT2D eigenvalue weighted by atomic mass is 19.3. The van der Waals surface area contributed by atoms with E-state index in [1.54, 1.807) is 0 Å². The van der Waals surface area contributed by atoms with Crippen LogP contribution >= 0.6 is 0 Å². The van der Waals surface area contributed by atoms with Crippen molar-refractivity contribution >= 4 is 11.7 Å². The molecule has 0 aromatic carbocycles. The highest BCUT2D eigenvalue weighted by Crippen LogP contribution is 2.13. The Morgan fingerprint density at radius 3 is 2.90 bits per heavy atom. The summed E-state index contributed by atoms with van der Waals surface area (Å²) < 4.78 is 41.3. The highest BCUT2D eigenvalue weighted by Gasteiger charge is 2.13. The van der Waals surface area contributed by atoms with Gasteiger partial charge in [0, 0.05) is 13.1 Å². The summed E-state index contributed by atoms with van der Waals surface area (Å²) in [5.41, 5.74) is 0.0562. The largest absolute Gasteiger partial charge is 0.374 e. The van der Waals surface area contributed by atoms with Crippen LogP contribution in [0.5, 0.6) is 0 Å². The van der Waals surface area contributed by atoms with Gasteiger partial charge in [-0.1, -0.05) is 0 Å². The molecule has 112 valence electrons. The first kappa shape index (κ1) is 16.2. The lowest BCUT2D eigenvalue weighted by molar-refractivity contribution is 0.0188. The summed E-state index contributed by atoms with van der Waals surface area (Å²) in [6, 6.07) is 1.06. The average Bonchev–Trinajstić information content (AvgIpc) is 2.40.